The molecule has 15 heavy (non-hydrogen) atoms. The van der Waals surface area contributed by atoms with Gasteiger partial charge in [-0.2, -0.15) is 0 Å². The summed E-state index contributed by atoms with van der Waals surface area (Å²) < 4.78 is 13.3. The van der Waals surface area contributed by atoms with Crippen molar-refractivity contribution in [2.75, 3.05) is 0 Å². The van der Waals surface area contributed by atoms with E-state index in [0.717, 1.165) is 12.0 Å². The van der Waals surface area contributed by atoms with Gasteiger partial charge in [0.25, 0.3) is 0 Å². The van der Waals surface area contributed by atoms with E-state index in [0.29, 0.717) is 12.1 Å². The molecule has 2 atom stereocenters. The molecule has 0 spiro atoms. The van der Waals surface area contributed by atoms with Crippen LogP contribution in [0.2, 0.25) is 0 Å². The highest BCUT2D eigenvalue weighted by Gasteiger charge is 2.31. The second-order valence-electron chi connectivity index (χ2n) is 3.48. The number of aryl methyl sites for hydroxylation is 1. The fourth-order valence-electron chi connectivity index (χ4n) is 1.72. The molecule has 0 saturated carbocycles. The number of nitrogens with zero attached hydrogens (tertiary/aromatic N) is 1. The molecule has 2 rings (SSSR count). The number of alkyl halides is 1. The molecule has 0 bridgehead atoms. The van der Waals surface area contributed by atoms with Crippen molar-refractivity contribution in [3.05, 3.63) is 29.6 Å². The van der Waals surface area contributed by atoms with E-state index in [2.05, 4.69) is 20.9 Å². The number of pyridine rings is 1. The lowest BCUT2D eigenvalue weighted by Crippen LogP contribution is -2.25. The number of hydrogen-bond acceptors (Lipinski definition) is 3. The van der Waals surface area contributed by atoms with Crippen LogP contribution in [0.3, 0.4) is 0 Å². The lowest BCUT2D eigenvalue weighted by molar-refractivity contribution is -0.147. The van der Waals surface area contributed by atoms with E-state index in [9.17, 15) is 4.79 Å². The first-order valence-corrected chi connectivity index (χ1v) is 5.60. The average Bonchev–Trinajstić information content (AvgIpc) is 2.22. The molecule has 1 aromatic rings. The predicted octanol–water partition coefficient (Wildman–Crippen LogP) is 2.40. The van der Waals surface area contributed by atoms with Gasteiger partial charge < -0.3 is 4.74 Å². The zero-order chi connectivity index (χ0) is 11.8. The van der Waals surface area contributed by atoms with Gasteiger partial charge in [-0.05, 0) is 24.5 Å². The third-order valence-corrected chi connectivity index (χ3v) is 3.19. The first-order valence-electron chi connectivity index (χ1n) is 5.30. The highest BCUT2D eigenvalue weighted by Crippen LogP contribution is 2.35. The molecule has 0 saturated heterocycles. The van der Waals surface area contributed by atoms with E-state index in [4.69, 9.17) is 6.11 Å². The lowest BCUT2D eigenvalue weighted by Gasteiger charge is -2.28. The number of ether oxygens (including phenoxy) is 1. The molecule has 1 heterocycles. The van der Waals surface area contributed by atoms with Crippen LogP contribution >= 0.6 is 15.9 Å². The molecule has 3 nitrogen and oxygen atoms in total. The molecule has 1 aliphatic carbocycles. The summed E-state index contributed by atoms with van der Waals surface area (Å²) in [5.41, 5.74) is 1.74. The normalized spacial score (nSPS) is 30.3. The highest BCUT2D eigenvalue weighted by molar-refractivity contribution is 9.09. The molecule has 0 aromatic carbocycles. The molecule has 1 aliphatic rings. The summed E-state index contributed by atoms with van der Waals surface area (Å²) in [4.78, 5) is 14.3. The van der Waals surface area contributed by atoms with Gasteiger partial charge in [-0.15, -0.1) is 0 Å². The van der Waals surface area contributed by atoms with Gasteiger partial charge in [0.1, 0.15) is 0 Å². The molecule has 0 N–H and O–H groups in total. The minimum atomic E-state index is -0.972. The van der Waals surface area contributed by atoms with Crippen LogP contribution in [0.5, 0.6) is 0 Å². The first kappa shape index (κ1) is 9.33. The Morgan fingerprint density at radius 1 is 1.80 bits per heavy atom. The Morgan fingerprint density at radius 2 is 2.60 bits per heavy atom. The van der Waals surface area contributed by atoms with Gasteiger partial charge in [-0.3, -0.25) is 9.78 Å². The maximum Gasteiger partial charge on any atom is 0.303 e. The van der Waals surface area contributed by atoms with E-state index >= 15 is 0 Å². The SMILES string of the molecule is [2H][C@@]1(Br)CCc2cccnc2[C@H]1OC(C)=O. The van der Waals surface area contributed by atoms with Crippen molar-refractivity contribution in [2.24, 2.45) is 0 Å². The largest absolute Gasteiger partial charge is 0.455 e. The van der Waals surface area contributed by atoms with Gasteiger partial charge in [0, 0.05) is 14.5 Å². The van der Waals surface area contributed by atoms with Crippen molar-refractivity contribution in [3.8, 4) is 0 Å². The van der Waals surface area contributed by atoms with Gasteiger partial charge >= 0.3 is 5.97 Å². The fourth-order valence-corrected chi connectivity index (χ4v) is 2.23. The van der Waals surface area contributed by atoms with Crippen molar-refractivity contribution in [3.63, 3.8) is 0 Å². The summed E-state index contributed by atoms with van der Waals surface area (Å²) in [6, 6.07) is 3.82. The van der Waals surface area contributed by atoms with E-state index in [1.165, 1.54) is 6.92 Å². The van der Waals surface area contributed by atoms with Crippen LogP contribution in [0.25, 0.3) is 0 Å². The van der Waals surface area contributed by atoms with Gasteiger partial charge in [-0.1, -0.05) is 22.0 Å². The quantitative estimate of drug-likeness (QED) is 0.581. The van der Waals surface area contributed by atoms with E-state index in [1.54, 1.807) is 6.20 Å². The van der Waals surface area contributed by atoms with Crippen molar-refractivity contribution in [1.82, 2.24) is 4.98 Å². The summed E-state index contributed by atoms with van der Waals surface area (Å²) in [7, 11) is 0. The monoisotopic (exact) mass is 270 g/mol. The Labute approximate surface area is 98.4 Å². The fraction of sp³-hybridized carbons (Fsp3) is 0.455. The molecule has 0 unspecified atom stereocenters. The van der Waals surface area contributed by atoms with Gasteiger partial charge in [0.05, 0.1) is 10.5 Å². The Balaban J connectivity index is 2.41. The number of carbonyl (C=O) groups excluding carboxylic acids is 1. The molecule has 0 aliphatic heterocycles. The zero-order valence-corrected chi connectivity index (χ0v) is 9.95. The van der Waals surface area contributed by atoms with Crippen LogP contribution in [0.15, 0.2) is 18.3 Å². The standard InChI is InChI=1S/C11H12BrNO2/c1-7(14)15-11-9(12)5-4-8-3-2-6-13-10(8)11/h2-3,6,9,11H,4-5H2,1H3/t9-,11+/m1/s1/i9D. The molecule has 0 fully saturated rings. The second-order valence-corrected chi connectivity index (χ2v) is 4.50. The minimum absolute atomic E-state index is 0.389. The lowest BCUT2D eigenvalue weighted by atomic mass is 9.93. The Bertz CT molecular complexity index is 422. The zero-order valence-electron chi connectivity index (χ0n) is 9.37. The number of rotatable bonds is 1. The van der Waals surface area contributed by atoms with Crippen LogP contribution in [-0.2, 0) is 16.0 Å². The third kappa shape index (κ3) is 2.20. The van der Waals surface area contributed by atoms with E-state index in [1.807, 2.05) is 12.1 Å². The summed E-state index contributed by atoms with van der Waals surface area (Å²) in [5, 5.41) is 0. The second kappa shape index (κ2) is 4.31. The molecule has 4 heteroatoms. The van der Waals surface area contributed by atoms with Crippen molar-refractivity contribution < 1.29 is 10.9 Å². The van der Waals surface area contributed by atoms with Crippen LogP contribution in [0, 0.1) is 0 Å². The molecular formula is C11H12BrNO2. The van der Waals surface area contributed by atoms with Crippen molar-refractivity contribution >= 4 is 21.9 Å². The number of halogens is 1. The van der Waals surface area contributed by atoms with Crippen LogP contribution in [0.4, 0.5) is 0 Å². The smallest absolute Gasteiger partial charge is 0.303 e. The van der Waals surface area contributed by atoms with Gasteiger partial charge in [-0.25, -0.2) is 0 Å². The minimum Gasteiger partial charge on any atom is -0.455 e. The van der Waals surface area contributed by atoms with E-state index < -0.39 is 10.9 Å². The summed E-state index contributed by atoms with van der Waals surface area (Å²) in [6.07, 6.45) is 2.40. The average molecular weight is 271 g/mol. The van der Waals surface area contributed by atoms with Crippen LogP contribution in [0.1, 0.15) is 32.1 Å². The van der Waals surface area contributed by atoms with Crippen LogP contribution in [-0.4, -0.2) is 15.8 Å². The Morgan fingerprint density at radius 3 is 3.33 bits per heavy atom. The molecule has 0 radical (unpaired) electrons. The highest BCUT2D eigenvalue weighted by atomic mass is 79.9. The van der Waals surface area contributed by atoms with Gasteiger partial charge in [0.15, 0.2) is 6.10 Å². The number of hydrogen-bond donors (Lipinski definition) is 0. The van der Waals surface area contributed by atoms with Crippen LogP contribution < -0.4 is 0 Å². The predicted molar refractivity (Wildman–Crippen MR) is 59.8 cm³/mol. The molecule has 0 amide bonds. The maximum absolute atomic E-state index is 11.1. The maximum atomic E-state index is 11.1. The topological polar surface area (TPSA) is 39.2 Å². The number of esters is 1. The third-order valence-electron chi connectivity index (χ3n) is 2.38. The Hall–Kier alpha value is -0.900. The molecule has 80 valence electrons. The van der Waals surface area contributed by atoms with Crippen molar-refractivity contribution in [2.45, 2.75) is 30.7 Å². The number of fused-ring (bicyclic) bond motifs is 1. The van der Waals surface area contributed by atoms with Gasteiger partial charge in [0.2, 0.25) is 0 Å². The first-order chi connectivity index (χ1) is 7.50. The van der Waals surface area contributed by atoms with E-state index in [-0.39, 0.29) is 5.97 Å². The summed E-state index contributed by atoms with van der Waals surface area (Å²) in [5.74, 6) is -0.389. The summed E-state index contributed by atoms with van der Waals surface area (Å²) in [6.45, 7) is 1.35. The Kier molecular flexibility index (Phi) is 2.68. The number of aromatic nitrogens is 1. The molecular weight excluding hydrogens is 258 g/mol. The van der Waals surface area contributed by atoms with Crippen molar-refractivity contribution in [1.29, 1.82) is 0 Å². The molecule has 1 aromatic heterocycles. The number of carbonyl (C=O) groups is 1. The summed E-state index contributed by atoms with van der Waals surface area (Å²) >= 11 is 3.31.